The number of fused-ring (bicyclic) bond motifs is 1. The van der Waals surface area contributed by atoms with Crippen LogP contribution in [0, 0.1) is 0 Å². The summed E-state index contributed by atoms with van der Waals surface area (Å²) in [5.74, 6) is -0.840. The number of carbonyl (C=O) groups is 2. The third kappa shape index (κ3) is 5.14. The molecule has 0 aliphatic rings. The summed E-state index contributed by atoms with van der Waals surface area (Å²) in [6.45, 7) is 2.07. The van der Waals surface area contributed by atoms with Crippen molar-refractivity contribution in [2.45, 2.75) is 13.3 Å². The average molecular weight is 312 g/mol. The van der Waals surface area contributed by atoms with Gasteiger partial charge < -0.3 is 15.0 Å². The lowest BCUT2D eigenvalue weighted by Gasteiger charge is -2.05. The van der Waals surface area contributed by atoms with Crippen molar-refractivity contribution in [1.29, 1.82) is 0 Å². The molecule has 0 aliphatic heterocycles. The smallest absolute Gasteiger partial charge is 0.331 e. The summed E-state index contributed by atoms with van der Waals surface area (Å²) in [5, 5.41) is 3.90. The molecule has 2 rings (SSSR count). The van der Waals surface area contributed by atoms with E-state index in [1.54, 1.807) is 18.2 Å². The van der Waals surface area contributed by atoms with Crippen LogP contribution >= 0.6 is 0 Å². The highest BCUT2D eigenvalue weighted by Crippen LogP contribution is 2.17. The van der Waals surface area contributed by atoms with Crippen molar-refractivity contribution >= 4 is 22.8 Å². The second kappa shape index (κ2) is 8.58. The van der Waals surface area contributed by atoms with Crippen molar-refractivity contribution in [3.05, 3.63) is 60.3 Å². The van der Waals surface area contributed by atoms with E-state index in [1.807, 2.05) is 37.4 Å². The predicted molar refractivity (Wildman–Crippen MR) is 89.9 cm³/mol. The van der Waals surface area contributed by atoms with Crippen LogP contribution in [-0.4, -0.2) is 30.0 Å². The third-order valence-electron chi connectivity index (χ3n) is 3.27. The number of benzene rings is 1. The van der Waals surface area contributed by atoms with Crippen molar-refractivity contribution < 1.29 is 14.3 Å². The van der Waals surface area contributed by atoms with E-state index < -0.39 is 5.97 Å². The molecule has 0 bridgehead atoms. The Labute approximate surface area is 135 Å². The van der Waals surface area contributed by atoms with E-state index in [0.717, 1.165) is 16.5 Å². The van der Waals surface area contributed by atoms with Gasteiger partial charge >= 0.3 is 5.97 Å². The van der Waals surface area contributed by atoms with Gasteiger partial charge in [0.25, 0.3) is 5.91 Å². The van der Waals surface area contributed by atoms with E-state index in [9.17, 15) is 9.59 Å². The molecular weight excluding hydrogens is 292 g/mol. The van der Waals surface area contributed by atoms with Gasteiger partial charge in [-0.15, -0.1) is 0 Å². The number of ether oxygens (including phenoxy) is 1. The molecule has 0 aliphatic carbocycles. The molecule has 0 radical (unpaired) electrons. The molecule has 120 valence electrons. The number of esters is 1. The molecule has 0 atom stereocenters. The summed E-state index contributed by atoms with van der Waals surface area (Å²) in [6.07, 6.45) is 9.01. The van der Waals surface area contributed by atoms with Gasteiger partial charge in [0.1, 0.15) is 0 Å². The zero-order valence-electron chi connectivity index (χ0n) is 13.0. The fraction of sp³-hybridized carbons (Fsp3) is 0.222. The van der Waals surface area contributed by atoms with Gasteiger partial charge in [-0.2, -0.15) is 0 Å². The number of para-hydroxylation sites is 1. The first kappa shape index (κ1) is 16.5. The minimum atomic E-state index is -0.533. The number of aromatic amines is 1. The van der Waals surface area contributed by atoms with Crippen molar-refractivity contribution in [3.8, 4) is 0 Å². The number of rotatable bonds is 7. The summed E-state index contributed by atoms with van der Waals surface area (Å²) in [5.41, 5.74) is 2.22. The lowest BCUT2D eigenvalue weighted by Crippen LogP contribution is -2.30. The monoisotopic (exact) mass is 312 g/mol. The molecule has 2 aromatic rings. The first-order valence-electron chi connectivity index (χ1n) is 7.48. The van der Waals surface area contributed by atoms with Gasteiger partial charge in [-0.1, -0.05) is 36.4 Å². The van der Waals surface area contributed by atoms with E-state index in [4.69, 9.17) is 4.74 Å². The summed E-state index contributed by atoms with van der Waals surface area (Å²) in [6, 6.07) is 8.02. The molecule has 2 N–H and O–H groups in total. The zero-order valence-corrected chi connectivity index (χ0v) is 13.0. The fourth-order valence-electron chi connectivity index (χ4n) is 2.16. The highest BCUT2D eigenvalue weighted by Gasteiger charge is 2.06. The molecule has 1 aromatic heterocycles. The molecule has 5 heteroatoms. The Balaban J connectivity index is 1.72. The van der Waals surface area contributed by atoms with Gasteiger partial charge in [0.2, 0.25) is 0 Å². The molecule has 1 aromatic carbocycles. The number of allylic oxidation sites excluding steroid dienone is 3. The summed E-state index contributed by atoms with van der Waals surface area (Å²) >= 11 is 0. The van der Waals surface area contributed by atoms with E-state index in [-0.39, 0.29) is 12.5 Å². The lowest BCUT2D eigenvalue weighted by molar-refractivity contribution is -0.143. The van der Waals surface area contributed by atoms with E-state index in [2.05, 4.69) is 10.3 Å². The standard InChI is InChI=1S/C18H20N2O3/c1-2-3-4-9-18(22)23-13-17(21)19-11-10-14-12-20-16-8-6-5-7-15(14)16/h2-9,12,20H,10-11,13H2,1H3,(H,19,21). The van der Waals surface area contributed by atoms with Crippen LogP contribution in [0.3, 0.4) is 0 Å². The Morgan fingerprint density at radius 1 is 1.26 bits per heavy atom. The van der Waals surface area contributed by atoms with Crippen LogP contribution in [0.2, 0.25) is 0 Å². The van der Waals surface area contributed by atoms with Crippen LogP contribution in [-0.2, 0) is 20.7 Å². The summed E-state index contributed by atoms with van der Waals surface area (Å²) in [4.78, 5) is 26.1. The summed E-state index contributed by atoms with van der Waals surface area (Å²) in [7, 11) is 0. The first-order valence-corrected chi connectivity index (χ1v) is 7.48. The third-order valence-corrected chi connectivity index (χ3v) is 3.27. The molecule has 0 saturated carbocycles. The van der Waals surface area contributed by atoms with E-state index >= 15 is 0 Å². The van der Waals surface area contributed by atoms with Gasteiger partial charge in [0.15, 0.2) is 6.61 Å². The van der Waals surface area contributed by atoms with Crippen molar-refractivity contribution in [1.82, 2.24) is 10.3 Å². The minimum absolute atomic E-state index is 0.271. The number of H-pyrrole nitrogens is 1. The number of carbonyl (C=O) groups excluding carboxylic acids is 2. The Hall–Kier alpha value is -2.82. The largest absolute Gasteiger partial charge is 0.452 e. The molecule has 1 heterocycles. The SMILES string of the molecule is CC=CC=CC(=O)OCC(=O)NCCc1c[nH]c2ccccc12. The average Bonchev–Trinajstić information content (AvgIpc) is 2.97. The van der Waals surface area contributed by atoms with Crippen LogP contribution in [0.5, 0.6) is 0 Å². The van der Waals surface area contributed by atoms with Gasteiger partial charge in [0.05, 0.1) is 0 Å². The van der Waals surface area contributed by atoms with Crippen molar-refractivity contribution in [2.75, 3.05) is 13.2 Å². The number of hydrogen-bond acceptors (Lipinski definition) is 3. The van der Waals surface area contributed by atoms with E-state index in [0.29, 0.717) is 13.0 Å². The predicted octanol–water partition coefficient (Wildman–Crippen LogP) is 2.50. The molecule has 0 saturated heterocycles. The van der Waals surface area contributed by atoms with Crippen LogP contribution in [0.15, 0.2) is 54.8 Å². The topological polar surface area (TPSA) is 71.2 Å². The fourth-order valence-corrected chi connectivity index (χ4v) is 2.16. The molecule has 1 amide bonds. The molecule has 23 heavy (non-hydrogen) atoms. The minimum Gasteiger partial charge on any atom is -0.452 e. The maximum Gasteiger partial charge on any atom is 0.331 e. The Bertz CT molecular complexity index is 729. The molecular formula is C18H20N2O3. The highest BCUT2D eigenvalue weighted by molar-refractivity contribution is 5.86. The number of nitrogens with one attached hydrogen (secondary N) is 2. The second-order valence-electron chi connectivity index (χ2n) is 4.95. The second-order valence-corrected chi connectivity index (χ2v) is 4.95. The van der Waals surface area contributed by atoms with E-state index in [1.165, 1.54) is 6.08 Å². The number of aromatic nitrogens is 1. The van der Waals surface area contributed by atoms with Crippen molar-refractivity contribution in [2.24, 2.45) is 0 Å². The molecule has 0 unspecified atom stereocenters. The highest BCUT2D eigenvalue weighted by atomic mass is 16.5. The Kier molecular flexibility index (Phi) is 6.17. The van der Waals surface area contributed by atoms with Crippen LogP contribution in [0.25, 0.3) is 10.9 Å². The number of hydrogen-bond donors (Lipinski definition) is 2. The quantitative estimate of drug-likeness (QED) is 0.469. The van der Waals surface area contributed by atoms with Crippen LogP contribution < -0.4 is 5.32 Å². The van der Waals surface area contributed by atoms with Gasteiger partial charge in [-0.05, 0) is 25.0 Å². The first-order chi connectivity index (χ1) is 11.2. The number of amides is 1. The van der Waals surface area contributed by atoms with Gasteiger partial charge in [0, 0.05) is 29.7 Å². The summed E-state index contributed by atoms with van der Waals surface area (Å²) < 4.78 is 4.83. The molecule has 0 fully saturated rings. The maximum atomic E-state index is 11.6. The Morgan fingerprint density at radius 2 is 2.09 bits per heavy atom. The van der Waals surface area contributed by atoms with Crippen LogP contribution in [0.1, 0.15) is 12.5 Å². The molecule has 0 spiro atoms. The van der Waals surface area contributed by atoms with Gasteiger partial charge in [-0.25, -0.2) is 4.79 Å². The normalized spacial score (nSPS) is 11.3. The zero-order chi connectivity index (χ0) is 16.5. The molecule has 5 nitrogen and oxygen atoms in total. The maximum absolute atomic E-state index is 11.6. The van der Waals surface area contributed by atoms with Crippen LogP contribution in [0.4, 0.5) is 0 Å². The lowest BCUT2D eigenvalue weighted by atomic mass is 10.1. The van der Waals surface area contributed by atoms with Gasteiger partial charge in [-0.3, -0.25) is 4.79 Å². The van der Waals surface area contributed by atoms with Crippen molar-refractivity contribution in [3.63, 3.8) is 0 Å². The Morgan fingerprint density at radius 3 is 2.91 bits per heavy atom.